The molecule has 0 aromatic heterocycles. The summed E-state index contributed by atoms with van der Waals surface area (Å²) in [5.74, 6) is 0.801. The molecular weight excluding hydrogens is 180 g/mol. The van der Waals surface area contributed by atoms with E-state index in [0.29, 0.717) is 6.47 Å². The Labute approximate surface area is 83.0 Å². The summed E-state index contributed by atoms with van der Waals surface area (Å²) in [5.41, 5.74) is 0.962. The van der Waals surface area contributed by atoms with Crippen LogP contribution in [0.25, 0.3) is 6.08 Å². The van der Waals surface area contributed by atoms with E-state index >= 15 is 0 Å². The van der Waals surface area contributed by atoms with E-state index in [9.17, 15) is 4.79 Å². The van der Waals surface area contributed by atoms with Crippen molar-refractivity contribution in [2.24, 2.45) is 0 Å². The molecule has 0 fully saturated rings. The highest BCUT2D eigenvalue weighted by Crippen LogP contribution is 2.18. The zero-order valence-electron chi connectivity index (χ0n) is 7.97. The molecule has 0 atom stereocenters. The van der Waals surface area contributed by atoms with E-state index in [1.807, 2.05) is 30.3 Å². The molecule has 0 aliphatic rings. The van der Waals surface area contributed by atoms with Gasteiger partial charge in [-0.2, -0.15) is 0 Å². The predicted octanol–water partition coefficient (Wildman–Crippen LogP) is 1.88. The first kappa shape index (κ1) is 10.3. The molecule has 0 saturated carbocycles. The van der Waals surface area contributed by atoms with Crippen molar-refractivity contribution in [1.29, 1.82) is 0 Å². The van der Waals surface area contributed by atoms with Gasteiger partial charge in [0.2, 0.25) is 0 Å². The fraction of sp³-hybridized carbons (Fsp3) is 0.182. The molecule has 0 spiro atoms. The van der Waals surface area contributed by atoms with Crippen molar-refractivity contribution in [3.63, 3.8) is 0 Å². The summed E-state index contributed by atoms with van der Waals surface area (Å²) in [5, 5.41) is 0. The van der Waals surface area contributed by atoms with Gasteiger partial charge in [0.25, 0.3) is 6.47 Å². The lowest BCUT2D eigenvalue weighted by Gasteiger charge is -2.02. The van der Waals surface area contributed by atoms with E-state index in [2.05, 4.69) is 4.74 Å². The highest BCUT2D eigenvalue weighted by atomic mass is 16.5. The van der Waals surface area contributed by atoms with Gasteiger partial charge in [-0.15, -0.1) is 0 Å². The second-order valence-electron chi connectivity index (χ2n) is 2.57. The van der Waals surface area contributed by atoms with Gasteiger partial charge in [0.15, 0.2) is 0 Å². The molecule has 14 heavy (non-hydrogen) atoms. The van der Waals surface area contributed by atoms with Crippen molar-refractivity contribution in [3.05, 3.63) is 35.9 Å². The minimum atomic E-state index is 0.279. The topological polar surface area (TPSA) is 35.5 Å². The SMILES string of the molecule is COc1ccccc1C=CCOC=O. The first-order valence-corrected chi connectivity index (χ1v) is 4.23. The summed E-state index contributed by atoms with van der Waals surface area (Å²) >= 11 is 0. The van der Waals surface area contributed by atoms with Crippen LogP contribution in [0.5, 0.6) is 5.75 Å². The van der Waals surface area contributed by atoms with Crippen LogP contribution in [0.15, 0.2) is 30.3 Å². The van der Waals surface area contributed by atoms with Crippen LogP contribution in [-0.4, -0.2) is 20.2 Å². The normalized spacial score (nSPS) is 10.1. The standard InChI is InChI=1S/C11H12O3/c1-13-11-7-3-2-5-10(11)6-4-8-14-9-12/h2-7,9H,8H2,1H3. The molecule has 0 heterocycles. The minimum Gasteiger partial charge on any atom is -0.496 e. The fourth-order valence-electron chi connectivity index (χ4n) is 1.07. The van der Waals surface area contributed by atoms with Crippen molar-refractivity contribution in [2.75, 3.05) is 13.7 Å². The maximum atomic E-state index is 9.86. The number of ether oxygens (including phenoxy) is 2. The van der Waals surface area contributed by atoms with E-state index in [4.69, 9.17) is 4.74 Å². The van der Waals surface area contributed by atoms with Gasteiger partial charge < -0.3 is 9.47 Å². The number of rotatable bonds is 5. The molecule has 0 saturated heterocycles. The average molecular weight is 192 g/mol. The van der Waals surface area contributed by atoms with Gasteiger partial charge >= 0.3 is 0 Å². The zero-order valence-corrected chi connectivity index (χ0v) is 7.97. The summed E-state index contributed by atoms with van der Waals surface area (Å²) in [7, 11) is 1.62. The van der Waals surface area contributed by atoms with Crippen LogP contribution >= 0.6 is 0 Å². The second-order valence-corrected chi connectivity index (χ2v) is 2.57. The van der Waals surface area contributed by atoms with Crippen LogP contribution in [0.2, 0.25) is 0 Å². The lowest BCUT2D eigenvalue weighted by Crippen LogP contribution is -1.88. The molecule has 1 aromatic carbocycles. The van der Waals surface area contributed by atoms with E-state index in [0.717, 1.165) is 11.3 Å². The number of methoxy groups -OCH3 is 1. The Morgan fingerprint density at radius 2 is 2.14 bits per heavy atom. The third-order valence-electron chi connectivity index (χ3n) is 1.70. The summed E-state index contributed by atoms with van der Waals surface area (Å²) in [6.45, 7) is 0.702. The summed E-state index contributed by atoms with van der Waals surface area (Å²) in [6, 6.07) is 7.62. The number of hydrogen-bond donors (Lipinski definition) is 0. The maximum absolute atomic E-state index is 9.86. The maximum Gasteiger partial charge on any atom is 0.293 e. The number of benzene rings is 1. The highest BCUT2D eigenvalue weighted by Gasteiger charge is 1.95. The molecule has 0 amide bonds. The van der Waals surface area contributed by atoms with Gasteiger partial charge in [-0.3, -0.25) is 4.79 Å². The lowest BCUT2D eigenvalue weighted by molar-refractivity contribution is -0.127. The first-order chi connectivity index (χ1) is 6.88. The molecule has 0 bridgehead atoms. The summed E-state index contributed by atoms with van der Waals surface area (Å²) in [6.07, 6.45) is 3.61. The summed E-state index contributed by atoms with van der Waals surface area (Å²) < 4.78 is 9.66. The molecule has 0 radical (unpaired) electrons. The predicted molar refractivity (Wildman–Crippen MR) is 54.0 cm³/mol. The van der Waals surface area contributed by atoms with E-state index < -0.39 is 0 Å². The van der Waals surface area contributed by atoms with Crippen molar-refractivity contribution < 1.29 is 14.3 Å². The fourth-order valence-corrected chi connectivity index (χ4v) is 1.07. The molecule has 0 N–H and O–H groups in total. The molecule has 0 unspecified atom stereocenters. The zero-order chi connectivity index (χ0) is 10.2. The second kappa shape index (κ2) is 5.80. The monoisotopic (exact) mass is 192 g/mol. The van der Waals surface area contributed by atoms with Crippen LogP contribution in [-0.2, 0) is 9.53 Å². The molecule has 3 nitrogen and oxygen atoms in total. The summed E-state index contributed by atoms with van der Waals surface area (Å²) in [4.78, 5) is 9.86. The largest absolute Gasteiger partial charge is 0.496 e. The third-order valence-corrected chi connectivity index (χ3v) is 1.70. The van der Waals surface area contributed by atoms with E-state index in [-0.39, 0.29) is 6.61 Å². The Balaban J connectivity index is 2.65. The quantitative estimate of drug-likeness (QED) is 0.528. The number of carbonyl (C=O) groups excluding carboxylic acids is 1. The molecule has 0 aliphatic carbocycles. The molecule has 74 valence electrons. The highest BCUT2D eigenvalue weighted by molar-refractivity contribution is 5.57. The number of para-hydroxylation sites is 1. The Kier molecular flexibility index (Phi) is 4.27. The Hall–Kier alpha value is -1.77. The van der Waals surface area contributed by atoms with Crippen LogP contribution < -0.4 is 4.74 Å². The Bertz CT molecular complexity index is 318. The first-order valence-electron chi connectivity index (χ1n) is 4.23. The van der Waals surface area contributed by atoms with Gasteiger partial charge in [-0.25, -0.2) is 0 Å². The van der Waals surface area contributed by atoms with Crippen molar-refractivity contribution in [3.8, 4) is 5.75 Å². The number of hydrogen-bond acceptors (Lipinski definition) is 3. The molecule has 1 aromatic rings. The Morgan fingerprint density at radius 1 is 1.36 bits per heavy atom. The van der Waals surface area contributed by atoms with Crippen LogP contribution in [0.4, 0.5) is 0 Å². The van der Waals surface area contributed by atoms with Crippen LogP contribution in [0, 0.1) is 0 Å². The van der Waals surface area contributed by atoms with E-state index in [1.54, 1.807) is 13.2 Å². The van der Waals surface area contributed by atoms with Gasteiger partial charge in [0.1, 0.15) is 12.4 Å². The Morgan fingerprint density at radius 3 is 2.86 bits per heavy atom. The van der Waals surface area contributed by atoms with Crippen molar-refractivity contribution in [1.82, 2.24) is 0 Å². The molecular formula is C11H12O3. The molecule has 1 rings (SSSR count). The van der Waals surface area contributed by atoms with Crippen molar-refractivity contribution in [2.45, 2.75) is 0 Å². The van der Waals surface area contributed by atoms with Crippen LogP contribution in [0.1, 0.15) is 5.56 Å². The lowest BCUT2D eigenvalue weighted by atomic mass is 10.2. The van der Waals surface area contributed by atoms with E-state index in [1.165, 1.54) is 0 Å². The third kappa shape index (κ3) is 2.94. The van der Waals surface area contributed by atoms with Gasteiger partial charge in [-0.05, 0) is 12.1 Å². The molecule has 3 heteroatoms. The molecule has 0 aliphatic heterocycles. The van der Waals surface area contributed by atoms with Crippen LogP contribution in [0.3, 0.4) is 0 Å². The minimum absolute atomic E-state index is 0.279. The number of carbonyl (C=O) groups is 1. The van der Waals surface area contributed by atoms with Gasteiger partial charge in [0, 0.05) is 5.56 Å². The average Bonchev–Trinajstić information content (AvgIpc) is 2.25. The van der Waals surface area contributed by atoms with Crippen molar-refractivity contribution >= 4 is 12.5 Å². The van der Waals surface area contributed by atoms with Gasteiger partial charge in [0.05, 0.1) is 7.11 Å². The smallest absolute Gasteiger partial charge is 0.293 e. The van der Waals surface area contributed by atoms with Gasteiger partial charge in [-0.1, -0.05) is 24.3 Å².